The van der Waals surface area contributed by atoms with E-state index < -0.39 is 0 Å². The first-order chi connectivity index (χ1) is 8.36. The summed E-state index contributed by atoms with van der Waals surface area (Å²) in [7, 11) is 0. The second-order valence-corrected chi connectivity index (χ2v) is 4.63. The van der Waals surface area contributed by atoms with E-state index in [1.165, 1.54) is 0 Å². The smallest absolute Gasteiger partial charge is 0.180 e. The maximum atomic E-state index is 5.89. The van der Waals surface area contributed by atoms with Gasteiger partial charge in [-0.15, -0.1) is 11.6 Å². The fourth-order valence-corrected chi connectivity index (χ4v) is 2.44. The molecule has 2 aromatic heterocycles. The number of rotatable bonds is 2. The summed E-state index contributed by atoms with van der Waals surface area (Å²) in [6.45, 7) is 2.01. The van der Waals surface area contributed by atoms with Crippen LogP contribution in [0.2, 0.25) is 0 Å². The first-order valence-electron chi connectivity index (χ1n) is 5.75. The lowest BCUT2D eigenvalue weighted by atomic mass is 10.2. The summed E-state index contributed by atoms with van der Waals surface area (Å²) >= 11 is 5.89. The van der Waals surface area contributed by atoms with Crippen molar-refractivity contribution in [3.63, 3.8) is 0 Å². The Balaban J connectivity index is 1.91. The molecule has 0 N–H and O–H groups in total. The predicted molar refractivity (Wildman–Crippen MR) is 68.4 cm³/mol. The van der Waals surface area contributed by atoms with E-state index in [0.717, 1.165) is 36.7 Å². The second kappa shape index (κ2) is 4.45. The van der Waals surface area contributed by atoms with Crippen molar-refractivity contribution >= 4 is 28.6 Å². The number of fused-ring (bicyclic) bond motifs is 1. The van der Waals surface area contributed by atoms with Gasteiger partial charge in [-0.2, -0.15) is 0 Å². The standard InChI is InChI=1S/C12H13ClN4/c13-7-9-3-6-17(8-9)11-2-1-10-12(16-11)15-5-4-14-10/h1-2,4-5,9H,3,6-8H2. The minimum atomic E-state index is 0.580. The lowest BCUT2D eigenvalue weighted by Gasteiger charge is -2.16. The number of aromatic nitrogens is 3. The van der Waals surface area contributed by atoms with Crippen LogP contribution in [0.3, 0.4) is 0 Å². The number of nitrogens with zero attached hydrogens (tertiary/aromatic N) is 4. The molecule has 2 aromatic rings. The average Bonchev–Trinajstić information content (AvgIpc) is 2.87. The molecular weight excluding hydrogens is 236 g/mol. The van der Waals surface area contributed by atoms with Crippen LogP contribution in [0.5, 0.6) is 0 Å². The molecule has 3 heterocycles. The summed E-state index contributed by atoms with van der Waals surface area (Å²) < 4.78 is 0. The SMILES string of the molecule is ClCC1CCN(c2ccc3nccnc3n2)C1. The van der Waals surface area contributed by atoms with Gasteiger partial charge in [0, 0.05) is 31.4 Å². The summed E-state index contributed by atoms with van der Waals surface area (Å²) in [5.74, 6) is 2.28. The summed E-state index contributed by atoms with van der Waals surface area (Å²) in [4.78, 5) is 15.2. The normalized spacial score (nSPS) is 20.1. The van der Waals surface area contributed by atoms with E-state index >= 15 is 0 Å². The van der Waals surface area contributed by atoms with Crippen LogP contribution < -0.4 is 4.90 Å². The van der Waals surface area contributed by atoms with Crippen molar-refractivity contribution in [3.8, 4) is 0 Å². The van der Waals surface area contributed by atoms with Crippen molar-refractivity contribution in [1.82, 2.24) is 15.0 Å². The zero-order chi connectivity index (χ0) is 11.7. The van der Waals surface area contributed by atoms with Gasteiger partial charge < -0.3 is 4.90 Å². The van der Waals surface area contributed by atoms with Gasteiger partial charge in [-0.05, 0) is 24.5 Å². The molecule has 1 aliphatic rings. The molecule has 0 bridgehead atoms. The van der Waals surface area contributed by atoms with Crippen LogP contribution in [0.15, 0.2) is 24.5 Å². The van der Waals surface area contributed by atoms with E-state index in [0.29, 0.717) is 11.6 Å². The van der Waals surface area contributed by atoms with Crippen LogP contribution in [0, 0.1) is 5.92 Å². The van der Waals surface area contributed by atoms with E-state index in [4.69, 9.17) is 11.6 Å². The van der Waals surface area contributed by atoms with Gasteiger partial charge in [-0.25, -0.2) is 9.97 Å². The van der Waals surface area contributed by atoms with Gasteiger partial charge in [0.25, 0.3) is 0 Å². The largest absolute Gasteiger partial charge is 0.356 e. The van der Waals surface area contributed by atoms with E-state index in [-0.39, 0.29) is 0 Å². The van der Waals surface area contributed by atoms with E-state index in [2.05, 4.69) is 19.9 Å². The highest BCUT2D eigenvalue weighted by Gasteiger charge is 2.22. The average molecular weight is 249 g/mol. The Morgan fingerprint density at radius 3 is 3.00 bits per heavy atom. The Morgan fingerprint density at radius 2 is 2.18 bits per heavy atom. The van der Waals surface area contributed by atoms with Gasteiger partial charge >= 0.3 is 0 Å². The molecule has 17 heavy (non-hydrogen) atoms. The van der Waals surface area contributed by atoms with Gasteiger partial charge in [0.2, 0.25) is 0 Å². The fraction of sp³-hybridized carbons (Fsp3) is 0.417. The lowest BCUT2D eigenvalue weighted by Crippen LogP contribution is -2.21. The maximum Gasteiger partial charge on any atom is 0.180 e. The maximum absolute atomic E-state index is 5.89. The first kappa shape index (κ1) is 10.7. The Kier molecular flexibility index (Phi) is 2.81. The van der Waals surface area contributed by atoms with Crippen LogP contribution >= 0.6 is 11.6 Å². The number of hydrogen-bond donors (Lipinski definition) is 0. The predicted octanol–water partition coefficient (Wildman–Crippen LogP) is 2.09. The Hall–Kier alpha value is -1.42. The van der Waals surface area contributed by atoms with E-state index in [1.807, 2.05) is 12.1 Å². The van der Waals surface area contributed by atoms with Crippen LogP contribution in [-0.4, -0.2) is 33.9 Å². The van der Waals surface area contributed by atoms with Gasteiger partial charge in [-0.1, -0.05) is 0 Å². The molecule has 0 amide bonds. The fourth-order valence-electron chi connectivity index (χ4n) is 2.19. The highest BCUT2D eigenvalue weighted by molar-refractivity contribution is 6.18. The molecule has 1 aliphatic heterocycles. The Labute approximate surface area is 105 Å². The molecule has 5 heteroatoms. The van der Waals surface area contributed by atoms with E-state index in [1.54, 1.807) is 12.4 Å². The summed E-state index contributed by atoms with van der Waals surface area (Å²) in [6.07, 6.45) is 4.50. The molecule has 0 radical (unpaired) electrons. The molecule has 0 aromatic carbocycles. The summed E-state index contributed by atoms with van der Waals surface area (Å²) in [5.41, 5.74) is 1.55. The van der Waals surface area contributed by atoms with E-state index in [9.17, 15) is 0 Å². The number of anilines is 1. The molecule has 1 saturated heterocycles. The molecule has 4 nitrogen and oxygen atoms in total. The van der Waals surface area contributed by atoms with Gasteiger partial charge in [0.15, 0.2) is 5.65 Å². The van der Waals surface area contributed by atoms with Crippen molar-refractivity contribution in [2.24, 2.45) is 5.92 Å². The topological polar surface area (TPSA) is 41.9 Å². The van der Waals surface area contributed by atoms with Crippen molar-refractivity contribution < 1.29 is 0 Å². The van der Waals surface area contributed by atoms with Crippen molar-refractivity contribution in [2.75, 3.05) is 23.9 Å². The molecule has 3 rings (SSSR count). The number of hydrogen-bond acceptors (Lipinski definition) is 4. The molecule has 88 valence electrons. The summed E-state index contributed by atoms with van der Waals surface area (Å²) in [5, 5.41) is 0. The number of pyridine rings is 1. The zero-order valence-corrected chi connectivity index (χ0v) is 10.1. The van der Waals surface area contributed by atoms with Crippen LogP contribution in [0.4, 0.5) is 5.82 Å². The number of alkyl halides is 1. The third-order valence-corrected chi connectivity index (χ3v) is 3.58. The second-order valence-electron chi connectivity index (χ2n) is 4.32. The molecule has 0 saturated carbocycles. The Bertz CT molecular complexity index is 531. The highest BCUT2D eigenvalue weighted by Crippen LogP contribution is 2.23. The Morgan fingerprint density at radius 1 is 1.29 bits per heavy atom. The van der Waals surface area contributed by atoms with Crippen LogP contribution in [-0.2, 0) is 0 Å². The first-order valence-corrected chi connectivity index (χ1v) is 6.29. The van der Waals surface area contributed by atoms with Crippen LogP contribution in [0.25, 0.3) is 11.2 Å². The quantitative estimate of drug-likeness (QED) is 0.764. The minimum absolute atomic E-state index is 0.580. The van der Waals surface area contributed by atoms with Crippen LogP contribution in [0.1, 0.15) is 6.42 Å². The van der Waals surface area contributed by atoms with Gasteiger partial charge in [0.1, 0.15) is 11.3 Å². The van der Waals surface area contributed by atoms with Crippen molar-refractivity contribution in [2.45, 2.75) is 6.42 Å². The molecule has 1 atom stereocenters. The minimum Gasteiger partial charge on any atom is -0.356 e. The van der Waals surface area contributed by atoms with Gasteiger partial charge in [-0.3, -0.25) is 4.98 Å². The third-order valence-electron chi connectivity index (χ3n) is 3.14. The third kappa shape index (κ3) is 2.05. The number of halogens is 1. The monoisotopic (exact) mass is 248 g/mol. The van der Waals surface area contributed by atoms with Crippen molar-refractivity contribution in [1.29, 1.82) is 0 Å². The van der Waals surface area contributed by atoms with Gasteiger partial charge in [0.05, 0.1) is 0 Å². The molecule has 0 aliphatic carbocycles. The summed E-state index contributed by atoms with van der Waals surface area (Å²) in [6, 6.07) is 3.98. The molecular formula is C12H13ClN4. The molecule has 1 unspecified atom stereocenters. The highest BCUT2D eigenvalue weighted by atomic mass is 35.5. The molecule has 0 spiro atoms. The van der Waals surface area contributed by atoms with Crippen molar-refractivity contribution in [3.05, 3.63) is 24.5 Å². The molecule has 1 fully saturated rings. The zero-order valence-electron chi connectivity index (χ0n) is 9.38. The lowest BCUT2D eigenvalue weighted by molar-refractivity contribution is 0.666.